The fraction of sp³-hybridized carbons (Fsp3) is 0.333. The molecule has 2 amide bonds. The van der Waals surface area contributed by atoms with E-state index in [2.05, 4.69) is 25.2 Å². The third-order valence-corrected chi connectivity index (χ3v) is 5.57. The van der Waals surface area contributed by atoms with Gasteiger partial charge in [0.05, 0.1) is 7.11 Å². The Morgan fingerprint density at radius 3 is 2.86 bits per heavy atom. The van der Waals surface area contributed by atoms with Gasteiger partial charge in [-0.15, -0.1) is 0 Å². The largest absolute Gasteiger partial charge is 0.505 e. The average Bonchev–Trinajstić information content (AvgIpc) is 3.14. The number of rotatable bonds is 4. The molecule has 0 unspecified atom stereocenters. The monoisotopic (exact) mass is 418 g/mol. The van der Waals surface area contributed by atoms with E-state index in [0.717, 1.165) is 0 Å². The number of aromatic nitrogens is 3. The highest BCUT2D eigenvalue weighted by molar-refractivity contribution is 7.22. The van der Waals surface area contributed by atoms with Gasteiger partial charge in [-0.3, -0.25) is 10.2 Å². The van der Waals surface area contributed by atoms with Crippen LogP contribution in [0, 0.1) is 5.82 Å². The van der Waals surface area contributed by atoms with E-state index >= 15 is 0 Å². The quantitative estimate of drug-likeness (QED) is 0.670. The summed E-state index contributed by atoms with van der Waals surface area (Å²) < 4.78 is 18.6. The van der Waals surface area contributed by atoms with Gasteiger partial charge in [0.2, 0.25) is 5.88 Å². The summed E-state index contributed by atoms with van der Waals surface area (Å²) in [5.74, 6) is -0.583. The Morgan fingerprint density at radius 2 is 2.10 bits per heavy atom. The molecular weight excluding hydrogens is 399 g/mol. The molecule has 0 saturated carbocycles. The second-order valence-corrected chi connectivity index (χ2v) is 7.47. The summed E-state index contributed by atoms with van der Waals surface area (Å²) in [6, 6.07) is 4.25. The van der Waals surface area contributed by atoms with Crippen LogP contribution in [0.1, 0.15) is 5.56 Å². The highest BCUT2D eigenvalue weighted by Crippen LogP contribution is 2.29. The van der Waals surface area contributed by atoms with Crippen molar-refractivity contribution in [1.82, 2.24) is 24.8 Å². The fourth-order valence-corrected chi connectivity index (χ4v) is 3.93. The second-order valence-electron chi connectivity index (χ2n) is 6.50. The Hall–Kier alpha value is -3.05. The lowest BCUT2D eigenvalue weighted by Crippen LogP contribution is -2.49. The molecule has 1 aliphatic rings. The first kappa shape index (κ1) is 19.3. The third-order valence-electron chi connectivity index (χ3n) is 4.69. The number of nitrogens with zero attached hydrogens (tertiary/aromatic N) is 5. The van der Waals surface area contributed by atoms with Crippen LogP contribution in [-0.4, -0.2) is 69.2 Å². The fourth-order valence-electron chi connectivity index (χ4n) is 3.14. The van der Waals surface area contributed by atoms with Gasteiger partial charge in [0.25, 0.3) is 0 Å². The molecule has 1 aromatic carbocycles. The molecule has 11 heteroatoms. The van der Waals surface area contributed by atoms with Crippen LogP contribution in [0.4, 0.5) is 14.3 Å². The van der Waals surface area contributed by atoms with Gasteiger partial charge in [-0.05, 0) is 6.07 Å². The number of carbonyl (C=O) groups is 1. The van der Waals surface area contributed by atoms with Crippen molar-refractivity contribution in [2.24, 2.45) is 0 Å². The average molecular weight is 418 g/mol. The van der Waals surface area contributed by atoms with Gasteiger partial charge in [0, 0.05) is 38.3 Å². The number of fused-ring (bicyclic) bond motifs is 1. The Morgan fingerprint density at radius 1 is 1.31 bits per heavy atom. The maximum atomic E-state index is 13.5. The number of piperazine rings is 1. The molecule has 0 bridgehead atoms. The number of phenolic OH excluding ortho intramolecular Hbond substituents is 1. The summed E-state index contributed by atoms with van der Waals surface area (Å²) in [5.41, 5.74) is 1.04. The van der Waals surface area contributed by atoms with Crippen molar-refractivity contribution in [3.8, 4) is 11.6 Å². The van der Waals surface area contributed by atoms with E-state index in [1.807, 2.05) is 0 Å². The van der Waals surface area contributed by atoms with E-state index < -0.39 is 5.82 Å². The second kappa shape index (κ2) is 8.13. The summed E-state index contributed by atoms with van der Waals surface area (Å²) in [4.78, 5) is 29.4. The lowest BCUT2D eigenvalue weighted by molar-refractivity contribution is 0.142. The predicted octanol–water partition coefficient (Wildman–Crippen LogP) is 2.29. The summed E-state index contributed by atoms with van der Waals surface area (Å²) in [6.07, 6.45) is 1.39. The molecule has 0 spiro atoms. The number of carbonyl (C=O) groups excluding carboxylic acids is 1. The number of phenols is 1. The van der Waals surface area contributed by atoms with Crippen LogP contribution in [0.15, 0.2) is 24.5 Å². The highest BCUT2D eigenvalue weighted by Gasteiger charge is 2.23. The molecule has 0 atom stereocenters. The zero-order valence-electron chi connectivity index (χ0n) is 15.6. The first-order chi connectivity index (χ1) is 14.0. The van der Waals surface area contributed by atoms with E-state index in [0.29, 0.717) is 59.6 Å². The minimum absolute atomic E-state index is 0.246. The van der Waals surface area contributed by atoms with Crippen LogP contribution in [-0.2, 0) is 6.54 Å². The number of halogens is 1. The molecule has 2 N–H and O–H groups in total. The SMILES string of the molecule is COc1ncnc2sc(NC(=O)N3CCN(Cc4cccc(F)c4O)CC3)nc12. The first-order valence-electron chi connectivity index (χ1n) is 8.95. The van der Waals surface area contributed by atoms with Crippen LogP contribution in [0.5, 0.6) is 11.6 Å². The van der Waals surface area contributed by atoms with Crippen molar-refractivity contribution in [3.05, 3.63) is 35.9 Å². The van der Waals surface area contributed by atoms with Gasteiger partial charge in [0.1, 0.15) is 6.33 Å². The van der Waals surface area contributed by atoms with Crippen LogP contribution in [0.3, 0.4) is 0 Å². The van der Waals surface area contributed by atoms with Crippen molar-refractivity contribution >= 4 is 32.8 Å². The van der Waals surface area contributed by atoms with Crippen molar-refractivity contribution in [3.63, 3.8) is 0 Å². The van der Waals surface area contributed by atoms with Crippen LogP contribution in [0.2, 0.25) is 0 Å². The van der Waals surface area contributed by atoms with E-state index in [1.54, 1.807) is 17.0 Å². The molecule has 29 heavy (non-hydrogen) atoms. The van der Waals surface area contributed by atoms with Crippen molar-refractivity contribution in [2.75, 3.05) is 38.6 Å². The normalized spacial score (nSPS) is 14.9. The number of anilines is 1. The van der Waals surface area contributed by atoms with E-state index in [9.17, 15) is 14.3 Å². The molecule has 2 aromatic heterocycles. The molecule has 4 rings (SSSR count). The number of hydrogen-bond acceptors (Lipinski definition) is 8. The third kappa shape index (κ3) is 4.05. The number of aromatic hydroxyl groups is 1. The van der Waals surface area contributed by atoms with Crippen molar-refractivity contribution in [1.29, 1.82) is 0 Å². The van der Waals surface area contributed by atoms with Crippen LogP contribution < -0.4 is 10.1 Å². The Labute approximate surface area is 169 Å². The number of ether oxygens (including phenoxy) is 1. The van der Waals surface area contributed by atoms with Gasteiger partial charge in [-0.25, -0.2) is 19.2 Å². The zero-order valence-corrected chi connectivity index (χ0v) is 16.4. The Bertz CT molecular complexity index is 1040. The number of urea groups is 1. The smallest absolute Gasteiger partial charge is 0.323 e. The Balaban J connectivity index is 1.35. The number of hydrogen-bond donors (Lipinski definition) is 2. The summed E-state index contributed by atoms with van der Waals surface area (Å²) in [6.45, 7) is 2.67. The topological polar surface area (TPSA) is 104 Å². The maximum absolute atomic E-state index is 13.5. The molecule has 152 valence electrons. The van der Waals surface area contributed by atoms with Crippen LogP contribution in [0.25, 0.3) is 10.3 Å². The lowest BCUT2D eigenvalue weighted by atomic mass is 10.1. The van der Waals surface area contributed by atoms with Crippen molar-refractivity contribution in [2.45, 2.75) is 6.54 Å². The molecule has 1 aliphatic heterocycles. The molecule has 1 fully saturated rings. The molecule has 3 heterocycles. The van der Waals surface area contributed by atoms with Gasteiger partial charge in [-0.1, -0.05) is 23.5 Å². The van der Waals surface area contributed by atoms with Gasteiger partial charge >= 0.3 is 6.03 Å². The molecule has 0 aliphatic carbocycles. The van der Waals surface area contributed by atoms with Gasteiger partial charge in [-0.2, -0.15) is 4.98 Å². The summed E-state index contributed by atoms with van der Waals surface area (Å²) >= 11 is 1.25. The van der Waals surface area contributed by atoms with Gasteiger partial charge in [0.15, 0.2) is 27.0 Å². The standard InChI is InChI=1S/C18H19FN6O3S/c1-28-15-13-16(21-10-20-15)29-17(22-13)23-18(27)25-7-5-24(6-8-25)9-11-3-2-4-12(19)14(11)26/h2-4,10,26H,5-9H2,1H3,(H,22,23,27). The molecule has 3 aromatic rings. The summed E-state index contributed by atoms with van der Waals surface area (Å²) in [5, 5.41) is 13.1. The van der Waals surface area contributed by atoms with Crippen LogP contribution >= 0.6 is 11.3 Å². The predicted molar refractivity (Wildman–Crippen MR) is 106 cm³/mol. The molecule has 1 saturated heterocycles. The summed E-state index contributed by atoms with van der Waals surface area (Å²) in [7, 11) is 1.50. The number of amides is 2. The Kier molecular flexibility index (Phi) is 5.41. The number of para-hydroxylation sites is 1. The number of methoxy groups -OCH3 is 1. The lowest BCUT2D eigenvalue weighted by Gasteiger charge is -2.34. The maximum Gasteiger partial charge on any atom is 0.323 e. The molecular formula is C18H19FN6O3S. The zero-order chi connectivity index (χ0) is 20.4. The minimum Gasteiger partial charge on any atom is -0.505 e. The number of benzene rings is 1. The van der Waals surface area contributed by atoms with E-state index in [-0.39, 0.29) is 11.8 Å². The molecule has 0 radical (unpaired) electrons. The van der Waals surface area contributed by atoms with Gasteiger partial charge < -0.3 is 14.7 Å². The van der Waals surface area contributed by atoms with Crippen molar-refractivity contribution < 1.29 is 19.0 Å². The first-order valence-corrected chi connectivity index (χ1v) is 9.77. The molecule has 9 nitrogen and oxygen atoms in total. The highest BCUT2D eigenvalue weighted by atomic mass is 32.1. The number of nitrogens with one attached hydrogen (secondary N) is 1. The van der Waals surface area contributed by atoms with E-state index in [4.69, 9.17) is 4.74 Å². The van der Waals surface area contributed by atoms with E-state index in [1.165, 1.54) is 30.8 Å². The minimum atomic E-state index is -0.627. The number of thiazole rings is 1.